The Labute approximate surface area is 112 Å². The minimum atomic E-state index is 0.521. The van der Waals surface area contributed by atoms with Crippen molar-refractivity contribution >= 4 is 23.1 Å². The Bertz CT molecular complexity index is 365. The third kappa shape index (κ3) is 3.22. The maximum Gasteiger partial charge on any atom is 0.111 e. The van der Waals surface area contributed by atoms with Crippen LogP contribution < -0.4 is 5.32 Å². The maximum atomic E-state index is 4.76. The third-order valence-electron chi connectivity index (χ3n) is 3.13. The van der Waals surface area contributed by atoms with Crippen LogP contribution in [0.3, 0.4) is 0 Å². The van der Waals surface area contributed by atoms with E-state index in [1.807, 2.05) is 23.1 Å². The van der Waals surface area contributed by atoms with Crippen molar-refractivity contribution in [2.75, 3.05) is 31.6 Å². The highest BCUT2D eigenvalue weighted by molar-refractivity contribution is 7.99. The zero-order valence-electron chi connectivity index (χ0n) is 10.8. The fourth-order valence-electron chi connectivity index (χ4n) is 1.94. The molecule has 1 atom stereocenters. The lowest BCUT2D eigenvalue weighted by Gasteiger charge is -2.30. The highest BCUT2D eigenvalue weighted by Gasteiger charge is 2.24. The van der Waals surface area contributed by atoms with Crippen molar-refractivity contribution in [3.05, 3.63) is 15.6 Å². The molecule has 2 rings (SSSR count). The van der Waals surface area contributed by atoms with Gasteiger partial charge >= 0.3 is 0 Å². The molecule has 17 heavy (non-hydrogen) atoms. The molecule has 0 radical (unpaired) electrons. The van der Waals surface area contributed by atoms with Crippen molar-refractivity contribution in [1.82, 2.24) is 15.2 Å². The highest BCUT2D eigenvalue weighted by Crippen LogP contribution is 2.32. The molecule has 0 amide bonds. The van der Waals surface area contributed by atoms with Gasteiger partial charge in [-0.2, -0.15) is 11.8 Å². The van der Waals surface area contributed by atoms with Gasteiger partial charge in [0.15, 0.2) is 0 Å². The molecule has 1 aromatic heterocycles. The van der Waals surface area contributed by atoms with Gasteiger partial charge in [0.25, 0.3) is 0 Å². The van der Waals surface area contributed by atoms with E-state index in [9.17, 15) is 0 Å². The summed E-state index contributed by atoms with van der Waals surface area (Å²) in [6.07, 6.45) is 0. The average Bonchev–Trinajstić information content (AvgIpc) is 2.68. The Balaban J connectivity index is 2.10. The first-order valence-electron chi connectivity index (χ1n) is 6.17. The van der Waals surface area contributed by atoms with Gasteiger partial charge in [0.2, 0.25) is 0 Å². The summed E-state index contributed by atoms with van der Waals surface area (Å²) < 4.78 is 0. The number of nitrogens with zero attached hydrogens (tertiary/aromatic N) is 2. The molecule has 0 bridgehead atoms. The summed E-state index contributed by atoms with van der Waals surface area (Å²) in [7, 11) is 2.21. The summed E-state index contributed by atoms with van der Waals surface area (Å²) in [5.41, 5.74) is 1.20. The second kappa shape index (κ2) is 6.18. The fourth-order valence-corrected chi connectivity index (χ4v) is 4.47. The van der Waals surface area contributed by atoms with E-state index in [0.29, 0.717) is 6.04 Å². The Kier molecular flexibility index (Phi) is 4.85. The number of nitrogens with one attached hydrogen (secondary N) is 1. The molecule has 1 N–H and O–H groups in total. The van der Waals surface area contributed by atoms with Crippen LogP contribution in [0.1, 0.15) is 28.5 Å². The van der Waals surface area contributed by atoms with Gasteiger partial charge in [-0.3, -0.25) is 4.90 Å². The zero-order valence-corrected chi connectivity index (χ0v) is 12.5. The number of hydrogen-bond acceptors (Lipinski definition) is 5. The Morgan fingerprint density at radius 2 is 2.35 bits per heavy atom. The molecule has 1 aliphatic heterocycles. The lowest BCUT2D eigenvalue weighted by molar-refractivity contribution is 0.274. The quantitative estimate of drug-likeness (QED) is 0.909. The van der Waals surface area contributed by atoms with Gasteiger partial charge in [-0.1, -0.05) is 6.92 Å². The van der Waals surface area contributed by atoms with Gasteiger partial charge in [0, 0.05) is 29.5 Å². The van der Waals surface area contributed by atoms with Crippen molar-refractivity contribution in [2.45, 2.75) is 26.4 Å². The van der Waals surface area contributed by atoms with Crippen LogP contribution in [-0.4, -0.2) is 41.5 Å². The van der Waals surface area contributed by atoms with Crippen molar-refractivity contribution in [3.63, 3.8) is 0 Å². The Morgan fingerprint density at radius 3 is 3.06 bits per heavy atom. The van der Waals surface area contributed by atoms with Crippen LogP contribution in [0.5, 0.6) is 0 Å². The number of thioether (sulfide) groups is 1. The smallest absolute Gasteiger partial charge is 0.111 e. The minimum absolute atomic E-state index is 0.521. The first-order valence-corrected chi connectivity index (χ1v) is 8.14. The number of aromatic nitrogens is 1. The first kappa shape index (κ1) is 13.3. The van der Waals surface area contributed by atoms with Crippen LogP contribution in [0.15, 0.2) is 0 Å². The normalized spacial score (nSPS) is 21.9. The maximum absolute atomic E-state index is 4.76. The molecule has 96 valence electrons. The molecule has 1 fully saturated rings. The molecule has 1 unspecified atom stereocenters. The fraction of sp³-hybridized carbons (Fsp3) is 0.750. The first-order chi connectivity index (χ1) is 8.22. The van der Waals surface area contributed by atoms with Crippen LogP contribution in [-0.2, 0) is 6.54 Å². The van der Waals surface area contributed by atoms with E-state index in [1.165, 1.54) is 33.6 Å². The van der Waals surface area contributed by atoms with E-state index in [-0.39, 0.29) is 0 Å². The highest BCUT2D eigenvalue weighted by atomic mass is 32.2. The van der Waals surface area contributed by atoms with Gasteiger partial charge in [0.05, 0.1) is 11.7 Å². The number of aryl methyl sites for hydroxylation is 1. The lowest BCUT2D eigenvalue weighted by atomic mass is 10.3. The SMILES string of the molecule is CCNCc1sc(C2CSCCN2C)nc1C. The molecule has 0 spiro atoms. The van der Waals surface area contributed by atoms with E-state index in [0.717, 1.165) is 13.1 Å². The summed E-state index contributed by atoms with van der Waals surface area (Å²) in [4.78, 5) is 8.59. The number of hydrogen-bond donors (Lipinski definition) is 1. The van der Waals surface area contributed by atoms with Gasteiger partial charge < -0.3 is 5.32 Å². The van der Waals surface area contributed by atoms with E-state index >= 15 is 0 Å². The average molecular weight is 271 g/mol. The summed E-state index contributed by atoms with van der Waals surface area (Å²) in [6, 6.07) is 0.521. The molecule has 2 heterocycles. The standard InChI is InChI=1S/C12H21N3S2/c1-4-13-7-11-9(2)14-12(17-11)10-8-16-6-5-15(10)3/h10,13H,4-8H2,1-3H3. The van der Waals surface area contributed by atoms with E-state index in [1.54, 1.807) is 0 Å². The van der Waals surface area contributed by atoms with Crippen molar-refractivity contribution < 1.29 is 0 Å². The molecule has 0 aliphatic carbocycles. The molecule has 3 nitrogen and oxygen atoms in total. The molecule has 0 saturated carbocycles. The lowest BCUT2D eigenvalue weighted by Crippen LogP contribution is -2.32. The molecule has 1 aliphatic rings. The second-order valence-corrected chi connectivity index (χ2v) is 6.68. The van der Waals surface area contributed by atoms with Crippen LogP contribution in [0.4, 0.5) is 0 Å². The van der Waals surface area contributed by atoms with Gasteiger partial charge in [-0.05, 0) is 20.5 Å². The Hall–Kier alpha value is -0.100. The molecule has 1 aromatic rings. The van der Waals surface area contributed by atoms with E-state index in [4.69, 9.17) is 4.98 Å². The zero-order chi connectivity index (χ0) is 12.3. The van der Waals surface area contributed by atoms with Crippen LogP contribution in [0.25, 0.3) is 0 Å². The van der Waals surface area contributed by atoms with Crippen molar-refractivity contribution in [1.29, 1.82) is 0 Å². The summed E-state index contributed by atoms with van der Waals surface area (Å²) in [6.45, 7) is 7.43. The largest absolute Gasteiger partial charge is 0.312 e. The number of thiazole rings is 1. The van der Waals surface area contributed by atoms with Crippen LogP contribution in [0, 0.1) is 6.92 Å². The van der Waals surface area contributed by atoms with Crippen LogP contribution in [0.2, 0.25) is 0 Å². The van der Waals surface area contributed by atoms with Crippen molar-refractivity contribution in [3.8, 4) is 0 Å². The Morgan fingerprint density at radius 1 is 1.53 bits per heavy atom. The van der Waals surface area contributed by atoms with Crippen molar-refractivity contribution in [2.24, 2.45) is 0 Å². The molecular weight excluding hydrogens is 250 g/mol. The molecular formula is C12H21N3S2. The van der Waals surface area contributed by atoms with E-state index in [2.05, 4.69) is 31.1 Å². The predicted molar refractivity (Wildman–Crippen MR) is 76.9 cm³/mol. The predicted octanol–water partition coefficient (Wildman–Crippen LogP) is 2.28. The van der Waals surface area contributed by atoms with Crippen LogP contribution >= 0.6 is 23.1 Å². The van der Waals surface area contributed by atoms with Gasteiger partial charge in [0.1, 0.15) is 5.01 Å². The summed E-state index contributed by atoms with van der Waals surface area (Å²) >= 11 is 3.93. The van der Waals surface area contributed by atoms with Gasteiger partial charge in [-0.15, -0.1) is 11.3 Å². The minimum Gasteiger partial charge on any atom is -0.312 e. The molecule has 1 saturated heterocycles. The monoisotopic (exact) mass is 271 g/mol. The molecule has 5 heteroatoms. The van der Waals surface area contributed by atoms with E-state index < -0.39 is 0 Å². The molecule has 0 aromatic carbocycles. The summed E-state index contributed by atoms with van der Waals surface area (Å²) in [5, 5.41) is 4.68. The van der Waals surface area contributed by atoms with Gasteiger partial charge in [-0.25, -0.2) is 4.98 Å². The third-order valence-corrected chi connectivity index (χ3v) is 5.41. The number of rotatable bonds is 4. The topological polar surface area (TPSA) is 28.2 Å². The second-order valence-electron chi connectivity index (χ2n) is 4.41. The summed E-state index contributed by atoms with van der Waals surface area (Å²) in [5.74, 6) is 2.44.